The maximum Gasteiger partial charge on any atom is 0.0122 e. The van der Waals surface area contributed by atoms with Crippen LogP contribution in [0.15, 0.2) is 0 Å². The van der Waals surface area contributed by atoms with Crippen LogP contribution in [-0.4, -0.2) is 36.6 Å². The Balaban J connectivity index is 2.44. The maximum atomic E-state index is 3.74. The van der Waals surface area contributed by atoms with Crippen LogP contribution in [0.1, 0.15) is 40.5 Å². The normalized spacial score (nSPS) is 37.1. The Morgan fingerprint density at radius 2 is 2.07 bits per heavy atom. The third kappa shape index (κ3) is 2.96. The predicted molar refractivity (Wildman–Crippen MR) is 62.5 cm³/mol. The summed E-state index contributed by atoms with van der Waals surface area (Å²) in [5.41, 5.74) is 0. The predicted octanol–water partition coefficient (Wildman–Crippen LogP) is 2.10. The second-order valence-electron chi connectivity index (χ2n) is 5.08. The summed E-state index contributed by atoms with van der Waals surface area (Å²) >= 11 is 0. The van der Waals surface area contributed by atoms with Crippen LogP contribution in [-0.2, 0) is 0 Å². The van der Waals surface area contributed by atoms with E-state index < -0.39 is 0 Å². The molecular weight excluding hydrogens is 172 g/mol. The zero-order valence-corrected chi connectivity index (χ0v) is 10.4. The first-order valence-electron chi connectivity index (χ1n) is 6.00. The van der Waals surface area contributed by atoms with Crippen LogP contribution in [0.4, 0.5) is 0 Å². The van der Waals surface area contributed by atoms with Gasteiger partial charge in [-0.05, 0) is 39.7 Å². The number of nitrogens with one attached hydrogen (secondary N) is 1. The van der Waals surface area contributed by atoms with E-state index >= 15 is 0 Å². The van der Waals surface area contributed by atoms with Crippen molar-refractivity contribution in [1.82, 2.24) is 10.2 Å². The van der Waals surface area contributed by atoms with Gasteiger partial charge in [-0.15, -0.1) is 0 Å². The van der Waals surface area contributed by atoms with E-state index in [9.17, 15) is 0 Å². The van der Waals surface area contributed by atoms with Gasteiger partial charge >= 0.3 is 0 Å². The Morgan fingerprint density at radius 3 is 2.64 bits per heavy atom. The van der Waals surface area contributed by atoms with Crippen LogP contribution >= 0.6 is 0 Å². The lowest BCUT2D eigenvalue weighted by Crippen LogP contribution is -2.52. The smallest absolute Gasteiger partial charge is 0.0122 e. The third-order valence-corrected chi connectivity index (χ3v) is 3.72. The second kappa shape index (κ2) is 5.13. The fraction of sp³-hybridized carbons (Fsp3) is 1.00. The molecule has 0 spiro atoms. The second-order valence-corrected chi connectivity index (χ2v) is 5.08. The van der Waals surface area contributed by atoms with Gasteiger partial charge < -0.3 is 10.2 Å². The van der Waals surface area contributed by atoms with Crippen molar-refractivity contribution in [1.29, 1.82) is 0 Å². The van der Waals surface area contributed by atoms with Crippen molar-refractivity contribution in [2.75, 3.05) is 13.6 Å². The van der Waals surface area contributed by atoms with E-state index in [1.807, 2.05) is 0 Å². The van der Waals surface area contributed by atoms with E-state index in [4.69, 9.17) is 0 Å². The van der Waals surface area contributed by atoms with Gasteiger partial charge in [0.05, 0.1) is 0 Å². The molecule has 2 nitrogen and oxygen atoms in total. The first-order valence-corrected chi connectivity index (χ1v) is 6.00. The lowest BCUT2D eigenvalue weighted by molar-refractivity contribution is 0.116. The average Bonchev–Trinajstić information content (AvgIpc) is 2.14. The van der Waals surface area contributed by atoms with Gasteiger partial charge in [0.25, 0.3) is 0 Å². The Morgan fingerprint density at radius 1 is 1.43 bits per heavy atom. The van der Waals surface area contributed by atoms with Crippen molar-refractivity contribution in [2.24, 2.45) is 5.92 Å². The Hall–Kier alpha value is -0.0800. The maximum absolute atomic E-state index is 3.74. The van der Waals surface area contributed by atoms with Gasteiger partial charge in [0, 0.05) is 24.7 Å². The van der Waals surface area contributed by atoms with E-state index in [1.165, 1.54) is 19.4 Å². The molecule has 0 amide bonds. The molecule has 0 bridgehead atoms. The van der Waals surface area contributed by atoms with Gasteiger partial charge in [-0.1, -0.05) is 13.8 Å². The first kappa shape index (κ1) is 12.0. The van der Waals surface area contributed by atoms with Crippen molar-refractivity contribution in [3.8, 4) is 0 Å². The summed E-state index contributed by atoms with van der Waals surface area (Å²) in [6, 6.07) is 2.11. The summed E-state index contributed by atoms with van der Waals surface area (Å²) in [6.07, 6.45) is 2.52. The minimum atomic E-state index is 0.665. The minimum Gasteiger partial charge on any atom is -0.311 e. The van der Waals surface area contributed by atoms with Crippen LogP contribution in [0.3, 0.4) is 0 Å². The fourth-order valence-corrected chi connectivity index (χ4v) is 2.26. The van der Waals surface area contributed by atoms with Crippen molar-refractivity contribution >= 4 is 0 Å². The van der Waals surface area contributed by atoms with E-state index in [0.717, 1.165) is 18.0 Å². The SMILES string of the molecule is CCC(C)NC1CC(C)N(C)CC1C. The standard InChI is InChI=1S/C12H26N2/c1-6-10(3)13-12-7-11(4)14(5)8-9(12)2/h9-13H,6-8H2,1-5H3. The summed E-state index contributed by atoms with van der Waals surface area (Å²) < 4.78 is 0. The molecule has 84 valence electrons. The molecule has 1 saturated heterocycles. The summed E-state index contributed by atoms with van der Waals surface area (Å²) in [4.78, 5) is 2.47. The number of rotatable bonds is 3. The molecule has 0 saturated carbocycles. The van der Waals surface area contributed by atoms with Crippen molar-refractivity contribution in [3.63, 3.8) is 0 Å². The molecule has 1 aliphatic heterocycles. The highest BCUT2D eigenvalue weighted by Gasteiger charge is 2.28. The van der Waals surface area contributed by atoms with Gasteiger partial charge in [-0.3, -0.25) is 0 Å². The number of hydrogen-bond donors (Lipinski definition) is 1. The molecule has 1 rings (SSSR count). The number of piperidine rings is 1. The van der Waals surface area contributed by atoms with Crippen LogP contribution in [0, 0.1) is 5.92 Å². The Bertz CT molecular complexity index is 168. The third-order valence-electron chi connectivity index (χ3n) is 3.72. The molecule has 0 radical (unpaired) electrons. The monoisotopic (exact) mass is 198 g/mol. The Kier molecular flexibility index (Phi) is 4.39. The van der Waals surface area contributed by atoms with E-state index in [0.29, 0.717) is 6.04 Å². The van der Waals surface area contributed by atoms with Crippen molar-refractivity contribution in [3.05, 3.63) is 0 Å². The van der Waals surface area contributed by atoms with Crippen LogP contribution in [0.5, 0.6) is 0 Å². The van der Waals surface area contributed by atoms with E-state index in [1.54, 1.807) is 0 Å². The van der Waals surface area contributed by atoms with E-state index in [2.05, 4.69) is 45.0 Å². The number of nitrogens with zero attached hydrogens (tertiary/aromatic N) is 1. The van der Waals surface area contributed by atoms with Gasteiger partial charge in [-0.25, -0.2) is 0 Å². The molecule has 1 heterocycles. The van der Waals surface area contributed by atoms with Crippen LogP contribution < -0.4 is 5.32 Å². The number of hydrogen-bond acceptors (Lipinski definition) is 2. The summed E-state index contributed by atoms with van der Waals surface area (Å²) in [5.74, 6) is 0.783. The highest BCUT2D eigenvalue weighted by molar-refractivity contribution is 4.87. The first-order chi connectivity index (χ1) is 6.54. The van der Waals surface area contributed by atoms with Crippen LogP contribution in [0.2, 0.25) is 0 Å². The molecule has 1 N–H and O–H groups in total. The lowest BCUT2D eigenvalue weighted by atomic mass is 9.89. The Labute approximate surface area is 89.1 Å². The van der Waals surface area contributed by atoms with Crippen LogP contribution in [0.25, 0.3) is 0 Å². The van der Waals surface area contributed by atoms with Crippen molar-refractivity contribution < 1.29 is 0 Å². The zero-order chi connectivity index (χ0) is 10.7. The molecule has 14 heavy (non-hydrogen) atoms. The van der Waals surface area contributed by atoms with Gasteiger partial charge in [0.1, 0.15) is 0 Å². The largest absolute Gasteiger partial charge is 0.311 e. The summed E-state index contributed by atoms with van der Waals surface area (Å²) in [7, 11) is 2.24. The lowest BCUT2D eigenvalue weighted by Gasteiger charge is -2.41. The zero-order valence-electron chi connectivity index (χ0n) is 10.4. The molecule has 4 unspecified atom stereocenters. The van der Waals surface area contributed by atoms with E-state index in [-0.39, 0.29) is 0 Å². The van der Waals surface area contributed by atoms with Crippen molar-refractivity contribution in [2.45, 2.75) is 58.7 Å². The molecule has 2 heteroatoms. The topological polar surface area (TPSA) is 15.3 Å². The molecule has 4 atom stereocenters. The highest BCUT2D eigenvalue weighted by Crippen LogP contribution is 2.21. The molecule has 0 aromatic heterocycles. The molecule has 0 aliphatic carbocycles. The van der Waals surface area contributed by atoms with Gasteiger partial charge in [-0.2, -0.15) is 0 Å². The fourth-order valence-electron chi connectivity index (χ4n) is 2.26. The quantitative estimate of drug-likeness (QED) is 0.747. The molecule has 0 aromatic carbocycles. The minimum absolute atomic E-state index is 0.665. The molecular formula is C12H26N2. The molecule has 0 aromatic rings. The average molecular weight is 198 g/mol. The number of likely N-dealkylation sites (tertiary alicyclic amines) is 1. The molecule has 1 aliphatic rings. The van der Waals surface area contributed by atoms with Gasteiger partial charge in [0.2, 0.25) is 0 Å². The summed E-state index contributed by atoms with van der Waals surface area (Å²) in [6.45, 7) is 10.5. The summed E-state index contributed by atoms with van der Waals surface area (Å²) in [5, 5.41) is 3.74. The highest BCUT2D eigenvalue weighted by atomic mass is 15.2. The van der Waals surface area contributed by atoms with Gasteiger partial charge in [0.15, 0.2) is 0 Å². The molecule has 1 fully saturated rings.